The number of pyridine rings is 1. The van der Waals surface area contributed by atoms with Gasteiger partial charge in [0, 0.05) is 37.7 Å². The van der Waals surface area contributed by atoms with Crippen molar-refractivity contribution in [1.82, 2.24) is 9.55 Å². The van der Waals surface area contributed by atoms with Gasteiger partial charge in [0.2, 0.25) is 5.90 Å². The van der Waals surface area contributed by atoms with E-state index in [-0.39, 0.29) is 17.4 Å². The molecule has 6 aromatic rings. The third kappa shape index (κ3) is 4.36. The average molecular weight is 608 g/mol. The third-order valence-electron chi connectivity index (χ3n) is 9.58. The standard InChI is InChI=1S/C41H40N4O/c1-25-18-27(39-43-26(2)24-46-39)20-29(19-25)44-35-15-11-9-13-32(35)41(6,7)33-22-31-30-12-8-10-14-34(30)45(36(31)23-37(33)44)38-21-28(16-17-42-38)40(3,4)5/h8-23,26H,24H2,1-7H3/t26-/m1/s1/i2D3. The van der Waals surface area contributed by atoms with Crippen LogP contribution in [0.2, 0.25) is 0 Å². The highest BCUT2D eigenvalue weighted by molar-refractivity contribution is 6.11. The van der Waals surface area contributed by atoms with Crippen molar-refractivity contribution in [2.45, 2.75) is 65.3 Å². The number of para-hydroxylation sites is 2. The second-order valence-corrected chi connectivity index (χ2v) is 14.2. The van der Waals surface area contributed by atoms with E-state index in [4.69, 9.17) is 13.8 Å². The second-order valence-electron chi connectivity index (χ2n) is 14.2. The van der Waals surface area contributed by atoms with E-state index in [1.54, 1.807) is 0 Å². The van der Waals surface area contributed by atoms with Gasteiger partial charge in [-0.05, 0) is 96.0 Å². The molecule has 8 rings (SSSR count). The topological polar surface area (TPSA) is 42.6 Å². The summed E-state index contributed by atoms with van der Waals surface area (Å²) in [6.07, 6.45) is 1.92. The SMILES string of the molecule is [2H]C([2H])([2H])[C@@H]1COC(c2cc(C)cc(N3c4ccccc4C(C)(C)c4cc5c6ccccc6n(-c6cc(C(C)(C)C)ccn6)c5cc43)c2)=N1. The molecule has 5 nitrogen and oxygen atoms in total. The molecule has 230 valence electrons. The van der Waals surface area contributed by atoms with E-state index in [2.05, 4.69) is 141 Å². The largest absolute Gasteiger partial charge is 0.475 e. The predicted octanol–water partition coefficient (Wildman–Crippen LogP) is 10.1. The molecule has 0 fully saturated rings. The van der Waals surface area contributed by atoms with Crippen LogP contribution < -0.4 is 4.90 Å². The molecular weight excluding hydrogens is 564 g/mol. The Kier molecular flexibility index (Phi) is 5.53. The quantitative estimate of drug-likeness (QED) is 0.201. The van der Waals surface area contributed by atoms with Crippen molar-refractivity contribution in [3.05, 3.63) is 125 Å². The number of rotatable bonds is 3. The van der Waals surface area contributed by atoms with Gasteiger partial charge in [-0.2, -0.15) is 0 Å². The number of anilines is 3. The average Bonchev–Trinajstić information content (AvgIpc) is 3.68. The van der Waals surface area contributed by atoms with E-state index in [1.807, 2.05) is 12.3 Å². The van der Waals surface area contributed by atoms with Crippen LogP contribution in [0.25, 0.3) is 27.6 Å². The summed E-state index contributed by atoms with van der Waals surface area (Å²) in [5.41, 5.74) is 10.5. The first-order valence-electron chi connectivity index (χ1n) is 17.5. The van der Waals surface area contributed by atoms with E-state index < -0.39 is 12.9 Å². The van der Waals surface area contributed by atoms with E-state index in [9.17, 15) is 0 Å². The summed E-state index contributed by atoms with van der Waals surface area (Å²) in [6.45, 7) is 11.2. The number of nitrogens with zero attached hydrogens (tertiary/aromatic N) is 4. The first kappa shape index (κ1) is 25.3. The maximum atomic E-state index is 7.89. The van der Waals surface area contributed by atoms with Crippen molar-refractivity contribution >= 4 is 44.8 Å². The molecule has 0 unspecified atom stereocenters. The van der Waals surface area contributed by atoms with Crippen molar-refractivity contribution in [2.24, 2.45) is 4.99 Å². The van der Waals surface area contributed by atoms with Crippen molar-refractivity contribution in [2.75, 3.05) is 11.5 Å². The molecule has 2 aliphatic heterocycles. The maximum absolute atomic E-state index is 7.89. The van der Waals surface area contributed by atoms with Crippen LogP contribution in [0.15, 0.2) is 102 Å². The molecular formula is C41H40N4O. The van der Waals surface area contributed by atoms with Crippen LogP contribution in [0.3, 0.4) is 0 Å². The number of benzene rings is 4. The molecule has 0 bridgehead atoms. The summed E-state index contributed by atoms with van der Waals surface area (Å²) in [7, 11) is 0. The lowest BCUT2D eigenvalue weighted by Crippen LogP contribution is -2.30. The Labute approximate surface area is 275 Å². The fraction of sp³-hybridized carbons (Fsp3) is 0.268. The zero-order valence-corrected chi connectivity index (χ0v) is 27.2. The Balaban J connectivity index is 1.40. The van der Waals surface area contributed by atoms with Gasteiger partial charge >= 0.3 is 0 Å². The molecule has 2 aromatic heterocycles. The lowest BCUT2D eigenvalue weighted by Gasteiger charge is -2.42. The molecule has 0 N–H and O–H groups in total. The normalized spacial score (nSPS) is 18.4. The minimum absolute atomic E-state index is 0.0279. The molecule has 0 radical (unpaired) electrons. The number of hydrogen-bond acceptors (Lipinski definition) is 4. The summed E-state index contributed by atoms with van der Waals surface area (Å²) >= 11 is 0. The summed E-state index contributed by atoms with van der Waals surface area (Å²) in [4.78, 5) is 11.8. The smallest absolute Gasteiger partial charge is 0.216 e. The van der Waals surface area contributed by atoms with Gasteiger partial charge in [-0.1, -0.05) is 71.0 Å². The molecule has 46 heavy (non-hydrogen) atoms. The van der Waals surface area contributed by atoms with Crippen LogP contribution in [-0.2, 0) is 15.6 Å². The van der Waals surface area contributed by atoms with Gasteiger partial charge in [0.1, 0.15) is 12.4 Å². The minimum Gasteiger partial charge on any atom is -0.475 e. The molecule has 0 amide bonds. The fourth-order valence-corrected chi connectivity index (χ4v) is 7.24. The van der Waals surface area contributed by atoms with E-state index in [0.717, 1.165) is 45.0 Å². The molecule has 0 aliphatic carbocycles. The fourth-order valence-electron chi connectivity index (χ4n) is 7.24. The van der Waals surface area contributed by atoms with Gasteiger partial charge in [0.15, 0.2) is 0 Å². The number of ether oxygens (including phenoxy) is 1. The molecule has 0 saturated heterocycles. The molecule has 2 aliphatic rings. The number of hydrogen-bond donors (Lipinski definition) is 0. The Morgan fingerprint density at radius 1 is 0.848 bits per heavy atom. The number of aryl methyl sites for hydroxylation is 1. The van der Waals surface area contributed by atoms with Gasteiger partial charge < -0.3 is 9.64 Å². The van der Waals surface area contributed by atoms with Gasteiger partial charge in [0.25, 0.3) is 0 Å². The van der Waals surface area contributed by atoms with Crippen molar-refractivity contribution in [3.8, 4) is 5.82 Å². The summed E-state index contributed by atoms with van der Waals surface area (Å²) in [5.74, 6) is 1.26. The Bertz CT molecular complexity index is 2330. The summed E-state index contributed by atoms with van der Waals surface area (Å²) in [5, 5.41) is 2.36. The van der Waals surface area contributed by atoms with E-state index in [1.165, 1.54) is 27.5 Å². The van der Waals surface area contributed by atoms with Gasteiger partial charge in [-0.25, -0.2) is 9.98 Å². The molecule has 0 saturated carbocycles. The minimum atomic E-state index is -2.21. The van der Waals surface area contributed by atoms with Crippen LogP contribution in [0.1, 0.15) is 73.4 Å². The summed E-state index contributed by atoms with van der Waals surface area (Å²) in [6, 6.07) is 31.6. The van der Waals surface area contributed by atoms with Crippen LogP contribution >= 0.6 is 0 Å². The highest BCUT2D eigenvalue weighted by Crippen LogP contribution is 2.53. The van der Waals surface area contributed by atoms with Crippen LogP contribution in [0.4, 0.5) is 17.1 Å². The van der Waals surface area contributed by atoms with Crippen molar-refractivity contribution < 1.29 is 8.85 Å². The lowest BCUT2D eigenvalue weighted by molar-refractivity contribution is 0.324. The summed E-state index contributed by atoms with van der Waals surface area (Å²) < 4.78 is 31.8. The van der Waals surface area contributed by atoms with Crippen molar-refractivity contribution in [3.63, 3.8) is 0 Å². The molecule has 5 heteroatoms. The Morgan fingerprint density at radius 3 is 2.46 bits per heavy atom. The number of aromatic nitrogens is 2. The van der Waals surface area contributed by atoms with Crippen LogP contribution in [0, 0.1) is 6.92 Å². The molecule has 0 spiro atoms. The van der Waals surface area contributed by atoms with Gasteiger partial charge in [0.05, 0.1) is 28.5 Å². The highest BCUT2D eigenvalue weighted by atomic mass is 16.5. The van der Waals surface area contributed by atoms with E-state index in [0.29, 0.717) is 5.90 Å². The molecule has 4 heterocycles. The Morgan fingerprint density at radius 2 is 1.65 bits per heavy atom. The Hall–Kier alpha value is -4.90. The monoisotopic (exact) mass is 607 g/mol. The first-order valence-corrected chi connectivity index (χ1v) is 16.0. The zero-order valence-electron chi connectivity index (χ0n) is 30.2. The van der Waals surface area contributed by atoms with E-state index >= 15 is 0 Å². The lowest BCUT2D eigenvalue weighted by atomic mass is 9.73. The maximum Gasteiger partial charge on any atom is 0.216 e. The highest BCUT2D eigenvalue weighted by Gasteiger charge is 2.38. The second kappa shape index (κ2) is 10.1. The van der Waals surface area contributed by atoms with Crippen LogP contribution in [-0.4, -0.2) is 28.1 Å². The molecule has 1 atom stereocenters. The van der Waals surface area contributed by atoms with Gasteiger partial charge in [-0.15, -0.1) is 0 Å². The van der Waals surface area contributed by atoms with Crippen molar-refractivity contribution in [1.29, 1.82) is 0 Å². The van der Waals surface area contributed by atoms with Gasteiger partial charge in [-0.3, -0.25) is 4.57 Å². The number of fused-ring (bicyclic) bond motifs is 5. The molecule has 4 aromatic carbocycles. The first-order chi connectivity index (χ1) is 23.2. The number of aliphatic imine (C=N–C) groups is 1. The zero-order chi connectivity index (χ0) is 34.5. The predicted molar refractivity (Wildman–Crippen MR) is 191 cm³/mol. The third-order valence-corrected chi connectivity index (χ3v) is 9.58. The van der Waals surface area contributed by atoms with Crippen LogP contribution in [0.5, 0.6) is 0 Å².